The van der Waals surface area contributed by atoms with Gasteiger partial charge in [-0.2, -0.15) is 16.1 Å². The SMILES string of the molecule is CS[C@H]1CC[C@H](N(C)S(=O)(=O)c2cnc(C(C)C)[nH]2)C1. The van der Waals surface area contributed by atoms with E-state index in [2.05, 4.69) is 16.2 Å². The molecule has 5 nitrogen and oxygen atoms in total. The summed E-state index contributed by atoms with van der Waals surface area (Å²) < 4.78 is 26.7. The van der Waals surface area contributed by atoms with Crippen LogP contribution in [-0.4, -0.2) is 47.3 Å². The number of nitrogens with zero attached hydrogens (tertiary/aromatic N) is 2. The molecule has 1 saturated carbocycles. The van der Waals surface area contributed by atoms with E-state index in [1.54, 1.807) is 7.05 Å². The Bertz CT molecular complexity index is 554. The molecular formula is C13H23N3O2S2. The van der Waals surface area contributed by atoms with Crippen LogP contribution in [0.4, 0.5) is 0 Å². The van der Waals surface area contributed by atoms with Crippen molar-refractivity contribution < 1.29 is 8.42 Å². The summed E-state index contributed by atoms with van der Waals surface area (Å²) >= 11 is 1.83. The number of aromatic amines is 1. The Labute approximate surface area is 125 Å². The smallest absolute Gasteiger partial charge is 0.260 e. The third-order valence-corrected chi connectivity index (χ3v) is 6.89. The second kappa shape index (κ2) is 6.07. The number of sulfonamides is 1. The maximum Gasteiger partial charge on any atom is 0.260 e. The molecule has 0 amide bonds. The summed E-state index contributed by atoms with van der Waals surface area (Å²) in [5, 5.41) is 0.780. The minimum atomic E-state index is -3.46. The lowest BCUT2D eigenvalue weighted by Crippen LogP contribution is -2.35. The van der Waals surface area contributed by atoms with Crippen LogP contribution >= 0.6 is 11.8 Å². The van der Waals surface area contributed by atoms with Gasteiger partial charge in [-0.05, 0) is 25.5 Å². The molecule has 0 bridgehead atoms. The maximum absolute atomic E-state index is 12.6. The normalized spacial score (nSPS) is 23.9. The van der Waals surface area contributed by atoms with Gasteiger partial charge in [-0.25, -0.2) is 13.4 Å². The van der Waals surface area contributed by atoms with Crippen LogP contribution in [0.2, 0.25) is 0 Å². The van der Waals surface area contributed by atoms with Crippen molar-refractivity contribution in [3.63, 3.8) is 0 Å². The lowest BCUT2D eigenvalue weighted by Gasteiger charge is -2.23. The van der Waals surface area contributed by atoms with E-state index in [0.717, 1.165) is 19.3 Å². The molecule has 0 radical (unpaired) electrons. The van der Waals surface area contributed by atoms with Crippen molar-refractivity contribution >= 4 is 21.8 Å². The van der Waals surface area contributed by atoms with Crippen LogP contribution in [0.25, 0.3) is 0 Å². The molecule has 1 fully saturated rings. The summed E-state index contributed by atoms with van der Waals surface area (Å²) in [4.78, 5) is 7.09. The summed E-state index contributed by atoms with van der Waals surface area (Å²) in [6, 6.07) is 0.100. The van der Waals surface area contributed by atoms with Crippen LogP contribution in [0.5, 0.6) is 0 Å². The molecule has 1 heterocycles. The van der Waals surface area contributed by atoms with Crippen molar-refractivity contribution in [2.24, 2.45) is 0 Å². The summed E-state index contributed by atoms with van der Waals surface area (Å²) in [7, 11) is -1.78. The highest BCUT2D eigenvalue weighted by Crippen LogP contribution is 2.33. The fraction of sp³-hybridized carbons (Fsp3) is 0.769. The minimum absolute atomic E-state index is 0.100. The van der Waals surface area contributed by atoms with E-state index in [1.165, 1.54) is 10.5 Å². The van der Waals surface area contributed by atoms with Gasteiger partial charge in [0.15, 0.2) is 5.03 Å². The van der Waals surface area contributed by atoms with Crippen molar-refractivity contribution in [3.8, 4) is 0 Å². The van der Waals surface area contributed by atoms with Crippen LogP contribution in [0.3, 0.4) is 0 Å². The Morgan fingerprint density at radius 1 is 1.45 bits per heavy atom. The molecule has 2 atom stereocenters. The third kappa shape index (κ3) is 3.04. The maximum atomic E-state index is 12.6. The lowest BCUT2D eigenvalue weighted by atomic mass is 10.2. The first-order valence-corrected chi connectivity index (χ1v) is 9.64. The fourth-order valence-corrected chi connectivity index (χ4v) is 4.66. The molecule has 2 rings (SSSR count). The second-order valence-corrected chi connectivity index (χ2v) is 8.74. The fourth-order valence-electron chi connectivity index (χ4n) is 2.56. The monoisotopic (exact) mass is 317 g/mol. The molecule has 1 aromatic rings. The second-order valence-electron chi connectivity index (χ2n) is 5.63. The van der Waals surface area contributed by atoms with E-state index in [-0.39, 0.29) is 17.0 Å². The summed E-state index contributed by atoms with van der Waals surface area (Å²) in [5.74, 6) is 0.905. The van der Waals surface area contributed by atoms with Crippen molar-refractivity contribution in [1.29, 1.82) is 0 Å². The van der Waals surface area contributed by atoms with Gasteiger partial charge in [0, 0.05) is 24.3 Å². The Morgan fingerprint density at radius 3 is 2.65 bits per heavy atom. The molecule has 0 unspecified atom stereocenters. The van der Waals surface area contributed by atoms with E-state index in [1.807, 2.05) is 25.6 Å². The molecule has 1 aromatic heterocycles. The van der Waals surface area contributed by atoms with E-state index >= 15 is 0 Å². The Balaban J connectivity index is 2.17. The topological polar surface area (TPSA) is 66.1 Å². The molecule has 0 saturated heterocycles. The van der Waals surface area contributed by atoms with Gasteiger partial charge < -0.3 is 4.98 Å². The van der Waals surface area contributed by atoms with Gasteiger partial charge in [-0.15, -0.1) is 0 Å². The van der Waals surface area contributed by atoms with Gasteiger partial charge in [-0.1, -0.05) is 13.8 Å². The number of nitrogens with one attached hydrogen (secondary N) is 1. The number of aromatic nitrogens is 2. The number of H-pyrrole nitrogens is 1. The van der Waals surface area contributed by atoms with Crippen LogP contribution in [0.1, 0.15) is 44.9 Å². The highest BCUT2D eigenvalue weighted by molar-refractivity contribution is 7.99. The van der Waals surface area contributed by atoms with Gasteiger partial charge in [0.05, 0.1) is 6.20 Å². The third-order valence-electron chi connectivity index (χ3n) is 3.98. The first-order valence-electron chi connectivity index (χ1n) is 6.92. The van der Waals surface area contributed by atoms with Crippen molar-refractivity contribution in [3.05, 3.63) is 12.0 Å². The highest BCUT2D eigenvalue weighted by Gasteiger charge is 2.34. The van der Waals surface area contributed by atoms with Crippen LogP contribution in [-0.2, 0) is 10.0 Å². The first-order chi connectivity index (χ1) is 9.36. The largest absolute Gasteiger partial charge is 0.332 e. The van der Waals surface area contributed by atoms with Gasteiger partial charge >= 0.3 is 0 Å². The molecule has 1 N–H and O–H groups in total. The van der Waals surface area contributed by atoms with Crippen molar-refractivity contribution in [2.75, 3.05) is 13.3 Å². The lowest BCUT2D eigenvalue weighted by molar-refractivity contribution is 0.372. The zero-order chi connectivity index (χ0) is 14.9. The number of hydrogen-bond acceptors (Lipinski definition) is 4. The molecule has 1 aliphatic carbocycles. The highest BCUT2D eigenvalue weighted by atomic mass is 32.2. The van der Waals surface area contributed by atoms with Gasteiger partial charge in [0.1, 0.15) is 5.82 Å². The Morgan fingerprint density at radius 2 is 2.15 bits per heavy atom. The Kier molecular flexibility index (Phi) is 4.81. The van der Waals surface area contributed by atoms with Crippen LogP contribution in [0.15, 0.2) is 11.2 Å². The summed E-state index contributed by atoms with van der Waals surface area (Å²) in [6.45, 7) is 3.97. The average Bonchev–Trinajstić information content (AvgIpc) is 3.06. The number of rotatable bonds is 5. The standard InChI is InChI=1S/C13H23N3O2S2/c1-9(2)13-14-8-12(15-13)20(17,18)16(3)10-5-6-11(7-10)19-4/h8-11H,5-7H2,1-4H3,(H,14,15)/t10-,11-/m0/s1. The van der Waals surface area contributed by atoms with E-state index in [0.29, 0.717) is 11.1 Å². The predicted molar refractivity (Wildman–Crippen MR) is 82.6 cm³/mol. The minimum Gasteiger partial charge on any atom is -0.332 e. The van der Waals surface area contributed by atoms with Crippen LogP contribution < -0.4 is 0 Å². The molecule has 1 aliphatic rings. The van der Waals surface area contributed by atoms with Gasteiger partial charge in [-0.3, -0.25) is 0 Å². The molecule has 0 spiro atoms. The van der Waals surface area contributed by atoms with Crippen LogP contribution in [0, 0.1) is 0 Å². The number of hydrogen-bond donors (Lipinski definition) is 1. The average molecular weight is 317 g/mol. The Hall–Kier alpha value is -0.530. The molecule has 0 aromatic carbocycles. The first kappa shape index (κ1) is 15.9. The van der Waals surface area contributed by atoms with E-state index in [9.17, 15) is 8.42 Å². The van der Waals surface area contributed by atoms with Gasteiger partial charge in [0.2, 0.25) is 0 Å². The number of imidazole rings is 1. The molecule has 20 heavy (non-hydrogen) atoms. The van der Waals surface area contributed by atoms with Crippen molar-refractivity contribution in [2.45, 2.75) is 55.3 Å². The molecule has 0 aliphatic heterocycles. The summed E-state index contributed by atoms with van der Waals surface area (Å²) in [6.07, 6.45) is 6.48. The molecule has 7 heteroatoms. The zero-order valence-corrected chi connectivity index (χ0v) is 14.1. The predicted octanol–water partition coefficient (Wildman–Crippen LogP) is 2.44. The van der Waals surface area contributed by atoms with E-state index in [4.69, 9.17) is 0 Å². The molecule has 114 valence electrons. The molecular weight excluding hydrogens is 294 g/mol. The zero-order valence-electron chi connectivity index (χ0n) is 12.5. The van der Waals surface area contributed by atoms with Crippen molar-refractivity contribution in [1.82, 2.24) is 14.3 Å². The quantitative estimate of drug-likeness (QED) is 0.906. The summed E-state index contributed by atoms with van der Waals surface area (Å²) in [5.41, 5.74) is 0. The van der Waals surface area contributed by atoms with E-state index < -0.39 is 10.0 Å². The van der Waals surface area contributed by atoms with Gasteiger partial charge in [0.25, 0.3) is 10.0 Å². The number of thioether (sulfide) groups is 1.